The molecule has 0 spiro atoms. The van der Waals surface area contributed by atoms with E-state index in [1.807, 2.05) is 16.7 Å². The molecule has 172 valence electrons. The number of hydrogen-bond acceptors (Lipinski definition) is 2. The minimum absolute atomic E-state index is 0.0160. The number of para-hydroxylation sites is 1. The van der Waals surface area contributed by atoms with E-state index in [-0.39, 0.29) is 17.7 Å². The van der Waals surface area contributed by atoms with Gasteiger partial charge in [0, 0.05) is 16.6 Å². The fraction of sp³-hybridized carbons (Fsp3) is 0.429. The Morgan fingerprint density at radius 3 is 2.79 bits per heavy atom. The molecule has 0 radical (unpaired) electrons. The van der Waals surface area contributed by atoms with Gasteiger partial charge < -0.3 is 9.67 Å². The first-order valence-electron chi connectivity index (χ1n) is 12.1. The molecule has 1 aromatic heterocycles. The molecule has 1 heterocycles. The van der Waals surface area contributed by atoms with Crippen molar-refractivity contribution >= 4 is 16.9 Å². The average molecular weight is 447 g/mol. The van der Waals surface area contributed by atoms with Crippen LogP contribution in [-0.4, -0.2) is 15.6 Å². The molecule has 1 N–H and O–H groups in total. The predicted octanol–water partition coefficient (Wildman–Crippen LogP) is 6.86. The van der Waals surface area contributed by atoms with Crippen LogP contribution in [-0.2, 0) is 19.4 Å². The zero-order chi connectivity index (χ0) is 23.4. The largest absolute Gasteiger partial charge is 0.478 e. The van der Waals surface area contributed by atoms with Gasteiger partial charge in [0.2, 0.25) is 0 Å². The summed E-state index contributed by atoms with van der Waals surface area (Å²) in [6.45, 7) is 2.44. The summed E-state index contributed by atoms with van der Waals surface area (Å²) in [5.74, 6) is -0.945. The molecule has 5 heteroatoms. The van der Waals surface area contributed by atoms with Crippen LogP contribution in [0, 0.1) is 23.1 Å². The first kappa shape index (κ1) is 23.0. The maximum Gasteiger partial charge on any atom is 0.337 e. The van der Waals surface area contributed by atoms with Gasteiger partial charge in [-0.05, 0) is 49.3 Å². The quantitative estimate of drug-likeness (QED) is 0.303. The van der Waals surface area contributed by atoms with E-state index in [1.54, 1.807) is 24.3 Å². The minimum Gasteiger partial charge on any atom is -0.478 e. The molecular weight excluding hydrogens is 415 g/mol. The Labute approximate surface area is 194 Å². The number of benzene rings is 2. The second kappa shape index (κ2) is 10.2. The van der Waals surface area contributed by atoms with Crippen LogP contribution in [0.2, 0.25) is 0 Å². The van der Waals surface area contributed by atoms with Crippen LogP contribution in [0.15, 0.2) is 36.4 Å². The summed E-state index contributed by atoms with van der Waals surface area (Å²) in [7, 11) is 0. The molecule has 0 amide bonds. The van der Waals surface area contributed by atoms with Crippen molar-refractivity contribution in [1.82, 2.24) is 4.57 Å². The number of nitrogens with zero attached hydrogens (tertiary/aromatic N) is 2. The van der Waals surface area contributed by atoms with E-state index >= 15 is 0 Å². The van der Waals surface area contributed by atoms with E-state index < -0.39 is 11.8 Å². The summed E-state index contributed by atoms with van der Waals surface area (Å²) in [6.07, 6.45) is 10.2. The maximum absolute atomic E-state index is 15.0. The third kappa shape index (κ3) is 4.66. The Balaban J connectivity index is 1.81. The highest BCUT2D eigenvalue weighted by molar-refractivity contribution is 6.04. The molecule has 2 aromatic carbocycles. The zero-order valence-corrected chi connectivity index (χ0v) is 19.2. The molecule has 1 atom stereocenters. The lowest BCUT2D eigenvalue weighted by Gasteiger charge is -2.18. The van der Waals surface area contributed by atoms with Gasteiger partial charge in [0.25, 0.3) is 0 Å². The van der Waals surface area contributed by atoms with E-state index in [1.165, 1.54) is 50.2 Å². The van der Waals surface area contributed by atoms with E-state index in [9.17, 15) is 19.6 Å². The summed E-state index contributed by atoms with van der Waals surface area (Å²) >= 11 is 0. The summed E-state index contributed by atoms with van der Waals surface area (Å²) in [4.78, 5) is 12.1. The first-order valence-corrected chi connectivity index (χ1v) is 12.1. The van der Waals surface area contributed by atoms with Crippen LogP contribution in [0.4, 0.5) is 4.39 Å². The van der Waals surface area contributed by atoms with Crippen molar-refractivity contribution in [3.8, 4) is 6.07 Å². The summed E-state index contributed by atoms with van der Waals surface area (Å²) in [5, 5.41) is 20.1. The molecule has 0 saturated carbocycles. The fourth-order valence-electron chi connectivity index (χ4n) is 5.40. The van der Waals surface area contributed by atoms with E-state index in [0.717, 1.165) is 30.3 Å². The normalized spacial score (nSPS) is 15.7. The molecule has 3 aromatic rings. The second-order valence-electron chi connectivity index (χ2n) is 9.22. The van der Waals surface area contributed by atoms with Crippen molar-refractivity contribution in [1.29, 1.82) is 5.26 Å². The smallest absolute Gasteiger partial charge is 0.337 e. The SMILES string of the molecule is CCCCCCC1CCCc2c(n(Cc3cccc(C#N)c3F)c3c(C(=O)O)cccc23)C1. The van der Waals surface area contributed by atoms with Gasteiger partial charge in [0.1, 0.15) is 11.9 Å². The fourth-order valence-corrected chi connectivity index (χ4v) is 5.40. The van der Waals surface area contributed by atoms with Gasteiger partial charge in [-0.3, -0.25) is 0 Å². The van der Waals surface area contributed by atoms with Crippen LogP contribution in [0.25, 0.3) is 10.9 Å². The monoisotopic (exact) mass is 446 g/mol. The van der Waals surface area contributed by atoms with E-state index in [2.05, 4.69) is 6.92 Å². The van der Waals surface area contributed by atoms with Crippen LogP contribution >= 0.6 is 0 Å². The molecule has 4 rings (SSSR count). The molecule has 0 fully saturated rings. The van der Waals surface area contributed by atoms with Crippen molar-refractivity contribution < 1.29 is 14.3 Å². The lowest BCUT2D eigenvalue weighted by molar-refractivity contribution is 0.0698. The molecular formula is C28H31FN2O2. The Kier molecular flexibility index (Phi) is 7.13. The third-order valence-corrected chi connectivity index (χ3v) is 7.05. The van der Waals surface area contributed by atoms with E-state index in [4.69, 9.17) is 0 Å². The first-order chi connectivity index (χ1) is 16.0. The summed E-state index contributed by atoms with van der Waals surface area (Å²) < 4.78 is 17.0. The minimum atomic E-state index is -0.975. The number of carboxylic acids is 1. The Morgan fingerprint density at radius 2 is 2.03 bits per heavy atom. The number of aryl methyl sites for hydroxylation is 1. The lowest BCUT2D eigenvalue weighted by atomic mass is 9.93. The van der Waals surface area contributed by atoms with Gasteiger partial charge in [-0.25, -0.2) is 9.18 Å². The molecule has 33 heavy (non-hydrogen) atoms. The Morgan fingerprint density at radius 1 is 1.21 bits per heavy atom. The molecule has 1 aliphatic carbocycles. The molecule has 0 saturated heterocycles. The number of aromatic nitrogens is 1. The zero-order valence-electron chi connectivity index (χ0n) is 19.2. The van der Waals surface area contributed by atoms with Gasteiger partial charge in [0.15, 0.2) is 0 Å². The van der Waals surface area contributed by atoms with Gasteiger partial charge in [0.05, 0.1) is 23.2 Å². The highest BCUT2D eigenvalue weighted by atomic mass is 19.1. The van der Waals surface area contributed by atoms with Gasteiger partial charge in [-0.15, -0.1) is 0 Å². The number of hydrogen-bond donors (Lipinski definition) is 1. The number of nitriles is 1. The van der Waals surface area contributed by atoms with Crippen molar-refractivity contribution in [2.45, 2.75) is 71.3 Å². The van der Waals surface area contributed by atoms with Gasteiger partial charge in [-0.2, -0.15) is 5.26 Å². The van der Waals surface area contributed by atoms with Crippen LogP contribution < -0.4 is 0 Å². The second-order valence-corrected chi connectivity index (χ2v) is 9.22. The number of fused-ring (bicyclic) bond motifs is 3. The molecule has 0 bridgehead atoms. The van der Waals surface area contributed by atoms with Crippen molar-refractivity contribution in [2.24, 2.45) is 5.92 Å². The van der Waals surface area contributed by atoms with Gasteiger partial charge in [-0.1, -0.05) is 63.3 Å². The highest BCUT2D eigenvalue weighted by Crippen LogP contribution is 2.37. The molecule has 4 nitrogen and oxygen atoms in total. The lowest BCUT2D eigenvalue weighted by Crippen LogP contribution is -2.13. The number of halogens is 1. The van der Waals surface area contributed by atoms with Crippen molar-refractivity contribution in [3.05, 3.63) is 70.2 Å². The standard InChI is InChI=1S/C28H31FN2O2/c1-2-3-4-5-9-19-10-6-13-22-23-14-8-15-24(28(32)33)27(23)31(25(22)16-19)18-21-12-7-11-20(17-30)26(21)29/h7-8,11-12,14-15,19H,2-6,9-10,13,16,18H2,1H3,(H,32,33). The average Bonchev–Trinajstić information content (AvgIpc) is 2.95. The highest BCUT2D eigenvalue weighted by Gasteiger charge is 2.26. The van der Waals surface area contributed by atoms with Crippen molar-refractivity contribution in [2.75, 3.05) is 0 Å². The summed E-state index contributed by atoms with van der Waals surface area (Å²) in [6, 6.07) is 12.2. The van der Waals surface area contributed by atoms with Crippen LogP contribution in [0.5, 0.6) is 0 Å². The number of rotatable bonds is 8. The molecule has 1 unspecified atom stereocenters. The molecule has 0 aliphatic heterocycles. The predicted molar refractivity (Wildman–Crippen MR) is 128 cm³/mol. The number of carboxylic acid groups (broad SMARTS) is 1. The molecule has 1 aliphatic rings. The van der Waals surface area contributed by atoms with Crippen molar-refractivity contribution in [3.63, 3.8) is 0 Å². The third-order valence-electron chi connectivity index (χ3n) is 7.05. The number of aromatic carboxylic acids is 1. The topological polar surface area (TPSA) is 66.0 Å². The number of carbonyl (C=O) groups is 1. The maximum atomic E-state index is 15.0. The summed E-state index contributed by atoms with van der Waals surface area (Å²) in [5.41, 5.74) is 3.69. The van der Waals surface area contributed by atoms with Gasteiger partial charge >= 0.3 is 5.97 Å². The van der Waals surface area contributed by atoms with Crippen LogP contribution in [0.1, 0.15) is 84.6 Å². The van der Waals surface area contributed by atoms with E-state index in [0.29, 0.717) is 17.0 Å². The number of unbranched alkanes of at least 4 members (excludes halogenated alkanes) is 3. The van der Waals surface area contributed by atoms with Crippen LogP contribution in [0.3, 0.4) is 0 Å². The Bertz CT molecular complexity index is 1200. The Hall–Kier alpha value is -3.13.